The van der Waals surface area contributed by atoms with Gasteiger partial charge in [-0.1, -0.05) is 407 Å². The zero-order valence-corrected chi connectivity index (χ0v) is 69.1. The molecule has 0 aromatic heterocycles. The van der Waals surface area contributed by atoms with Crippen LogP contribution in [0.1, 0.15) is 458 Å². The molecule has 0 amide bonds. The lowest BCUT2D eigenvalue weighted by atomic mass is 10.0. The fraction of sp³-hybridized carbons (Fsp3) is 0.952. The van der Waals surface area contributed by atoms with E-state index in [1.807, 2.05) is 0 Å². The van der Waals surface area contributed by atoms with Gasteiger partial charge in [0, 0.05) is 25.7 Å². The molecule has 0 radical (unpaired) electrons. The summed E-state index contributed by atoms with van der Waals surface area (Å²) in [6.45, 7) is 5.05. The minimum Gasteiger partial charge on any atom is -0.462 e. The van der Waals surface area contributed by atoms with Crippen LogP contribution >= 0.6 is 15.6 Å². The monoisotopic (exact) mass is 1510 g/mol. The van der Waals surface area contributed by atoms with Crippen molar-refractivity contribution in [2.45, 2.75) is 476 Å². The van der Waals surface area contributed by atoms with Gasteiger partial charge in [0.05, 0.1) is 26.4 Å². The van der Waals surface area contributed by atoms with Gasteiger partial charge in [0.15, 0.2) is 12.2 Å². The van der Waals surface area contributed by atoms with Crippen LogP contribution in [0.25, 0.3) is 0 Å². The number of carbonyl (C=O) groups excluding carboxylic acids is 4. The number of aliphatic hydroxyl groups is 1. The summed E-state index contributed by atoms with van der Waals surface area (Å²) in [5.74, 6) is -2.10. The number of hydrogen-bond donors (Lipinski definition) is 3. The Labute approximate surface area is 632 Å². The lowest BCUT2D eigenvalue weighted by Crippen LogP contribution is -2.30. The number of phosphoric acid groups is 2. The Morgan fingerprint density at radius 1 is 0.233 bits per heavy atom. The largest absolute Gasteiger partial charge is 0.472 e. The number of esters is 4. The Kier molecular flexibility index (Phi) is 76.7. The number of carbonyl (C=O) groups is 4. The van der Waals surface area contributed by atoms with Gasteiger partial charge in [0.1, 0.15) is 19.3 Å². The first-order chi connectivity index (χ1) is 50.2. The zero-order valence-electron chi connectivity index (χ0n) is 67.3. The van der Waals surface area contributed by atoms with E-state index in [9.17, 15) is 43.2 Å². The molecule has 0 saturated carbocycles. The minimum atomic E-state index is -4.96. The molecule has 0 bridgehead atoms. The molecule has 0 aliphatic rings. The third-order valence-electron chi connectivity index (χ3n) is 19.9. The first-order valence-electron chi connectivity index (χ1n) is 43.8. The molecule has 0 saturated heterocycles. The van der Waals surface area contributed by atoms with Crippen molar-refractivity contribution in [3.8, 4) is 0 Å². The summed E-state index contributed by atoms with van der Waals surface area (Å²) >= 11 is 0. The van der Waals surface area contributed by atoms with Crippen molar-refractivity contribution in [3.63, 3.8) is 0 Å². The fourth-order valence-corrected chi connectivity index (χ4v) is 14.7. The van der Waals surface area contributed by atoms with Crippen LogP contribution in [0.15, 0.2) is 0 Å². The van der Waals surface area contributed by atoms with Crippen molar-refractivity contribution in [2.24, 2.45) is 0 Å². The molecule has 0 aliphatic carbocycles. The van der Waals surface area contributed by atoms with Crippen molar-refractivity contribution >= 4 is 39.5 Å². The normalized spacial score (nSPS) is 13.7. The van der Waals surface area contributed by atoms with Crippen LogP contribution in [0.4, 0.5) is 0 Å². The molecule has 19 heteroatoms. The molecule has 3 N–H and O–H groups in total. The van der Waals surface area contributed by atoms with E-state index in [1.54, 1.807) is 0 Å². The molecule has 17 nitrogen and oxygen atoms in total. The molecule has 103 heavy (non-hydrogen) atoms. The summed E-state index contributed by atoms with van der Waals surface area (Å²) in [4.78, 5) is 73.2. The van der Waals surface area contributed by atoms with Crippen molar-refractivity contribution in [1.82, 2.24) is 0 Å². The molecule has 0 fully saturated rings. The third kappa shape index (κ3) is 78.0. The van der Waals surface area contributed by atoms with Gasteiger partial charge in [-0.2, -0.15) is 0 Å². The molecule has 0 aliphatic heterocycles. The SMILES string of the molecule is CCCCCCCCCCCCCCCCCCCCCCC(=O)O[C@H](COC(=O)CCCCCCCCCCCCCCCCCCC)COP(=O)(O)OC[C@@H](O)COP(=O)(O)OC[C@@H](COC(=O)CCCCCCCCCCCCCCC)OC(=O)CCCCCCCCCCCCCCC. The Balaban J connectivity index is 5.24. The highest BCUT2D eigenvalue weighted by Crippen LogP contribution is 2.45. The van der Waals surface area contributed by atoms with Crippen molar-refractivity contribution < 1.29 is 80.2 Å². The summed E-state index contributed by atoms with van der Waals surface area (Å²) in [7, 11) is -9.92. The van der Waals surface area contributed by atoms with Crippen LogP contribution in [0.2, 0.25) is 0 Å². The average molecular weight is 1510 g/mol. The molecule has 0 aromatic rings. The Bertz CT molecular complexity index is 1950. The van der Waals surface area contributed by atoms with E-state index < -0.39 is 97.5 Å². The fourth-order valence-electron chi connectivity index (χ4n) is 13.2. The lowest BCUT2D eigenvalue weighted by Gasteiger charge is -2.21. The Morgan fingerprint density at radius 3 is 0.573 bits per heavy atom. The summed E-state index contributed by atoms with van der Waals surface area (Å²) in [5, 5.41) is 10.7. The van der Waals surface area contributed by atoms with Gasteiger partial charge >= 0.3 is 39.5 Å². The highest BCUT2D eigenvalue weighted by molar-refractivity contribution is 7.47. The van der Waals surface area contributed by atoms with E-state index in [2.05, 4.69) is 27.7 Å². The molecule has 0 heterocycles. The van der Waals surface area contributed by atoms with Crippen LogP contribution in [-0.4, -0.2) is 96.7 Å². The van der Waals surface area contributed by atoms with E-state index in [0.717, 1.165) is 89.9 Å². The number of phosphoric ester groups is 2. The van der Waals surface area contributed by atoms with Gasteiger partial charge in [-0.25, -0.2) is 9.13 Å². The number of hydrogen-bond acceptors (Lipinski definition) is 15. The highest BCUT2D eigenvalue weighted by atomic mass is 31.2. The molecule has 0 aromatic carbocycles. The van der Waals surface area contributed by atoms with Gasteiger partial charge in [-0.05, 0) is 25.7 Å². The standard InChI is InChI=1S/C84H164O17P2/c1-5-9-13-17-21-25-29-33-35-37-38-39-41-43-47-51-55-59-63-67-71-84(89)101-80(75-95-82(87)69-65-61-57-53-49-46-42-40-36-34-30-26-22-18-14-10-6-2)77-99-103(92,93)97-73-78(85)72-96-102(90,91)98-76-79(100-83(88)70-66-62-58-54-50-45-32-28-24-20-16-12-8-4)74-94-81(86)68-64-60-56-52-48-44-31-27-23-19-15-11-7-3/h78-80,85H,5-77H2,1-4H3,(H,90,91)(H,92,93)/t78-,79+,80+/m0/s1. The molecule has 5 atom stereocenters. The van der Waals surface area contributed by atoms with Crippen LogP contribution in [0.5, 0.6) is 0 Å². The molecule has 2 unspecified atom stereocenters. The first-order valence-corrected chi connectivity index (χ1v) is 46.8. The number of ether oxygens (including phenoxy) is 4. The predicted octanol–water partition coefficient (Wildman–Crippen LogP) is 25.7. The summed E-state index contributed by atoms with van der Waals surface area (Å²) < 4.78 is 68.9. The quantitative estimate of drug-likeness (QED) is 0.0222. The average Bonchev–Trinajstić information content (AvgIpc) is 0.958. The van der Waals surface area contributed by atoms with Crippen molar-refractivity contribution in [2.75, 3.05) is 39.6 Å². The Hall–Kier alpha value is -1.94. The molecule has 0 rings (SSSR count). The van der Waals surface area contributed by atoms with Crippen molar-refractivity contribution in [3.05, 3.63) is 0 Å². The van der Waals surface area contributed by atoms with E-state index >= 15 is 0 Å². The summed E-state index contributed by atoms with van der Waals surface area (Å²) in [6.07, 6.45) is 72.1. The minimum absolute atomic E-state index is 0.109. The topological polar surface area (TPSA) is 237 Å². The highest BCUT2D eigenvalue weighted by Gasteiger charge is 2.30. The summed E-state index contributed by atoms with van der Waals surface area (Å²) in [5.41, 5.74) is 0. The molecule has 0 spiro atoms. The van der Waals surface area contributed by atoms with Crippen LogP contribution in [0, 0.1) is 0 Å². The van der Waals surface area contributed by atoms with E-state index in [4.69, 9.17) is 37.0 Å². The second kappa shape index (κ2) is 78.2. The lowest BCUT2D eigenvalue weighted by molar-refractivity contribution is -0.161. The van der Waals surface area contributed by atoms with Gasteiger partial charge in [-0.15, -0.1) is 0 Å². The smallest absolute Gasteiger partial charge is 0.462 e. The van der Waals surface area contributed by atoms with E-state index in [-0.39, 0.29) is 25.7 Å². The van der Waals surface area contributed by atoms with E-state index in [1.165, 1.54) is 289 Å². The van der Waals surface area contributed by atoms with Crippen LogP contribution in [-0.2, 0) is 65.4 Å². The van der Waals surface area contributed by atoms with Gasteiger partial charge in [0.2, 0.25) is 0 Å². The molecular weight excluding hydrogens is 1340 g/mol. The Morgan fingerprint density at radius 2 is 0.388 bits per heavy atom. The predicted molar refractivity (Wildman–Crippen MR) is 423 cm³/mol. The summed E-state index contributed by atoms with van der Waals surface area (Å²) in [6, 6.07) is 0. The number of unbranched alkanes of at least 4 members (excludes halogenated alkanes) is 59. The first kappa shape index (κ1) is 101. The second-order valence-electron chi connectivity index (χ2n) is 30.2. The number of aliphatic hydroxyl groups excluding tert-OH is 1. The molecular formula is C84H164O17P2. The zero-order chi connectivity index (χ0) is 75.3. The van der Waals surface area contributed by atoms with Crippen molar-refractivity contribution in [1.29, 1.82) is 0 Å². The van der Waals surface area contributed by atoms with Crippen LogP contribution in [0.3, 0.4) is 0 Å². The maximum atomic E-state index is 13.1. The van der Waals surface area contributed by atoms with Crippen LogP contribution < -0.4 is 0 Å². The third-order valence-corrected chi connectivity index (χ3v) is 21.8. The van der Waals surface area contributed by atoms with E-state index in [0.29, 0.717) is 25.7 Å². The van der Waals surface area contributed by atoms with Gasteiger partial charge < -0.3 is 33.8 Å². The maximum absolute atomic E-state index is 13.1. The van der Waals surface area contributed by atoms with Gasteiger partial charge in [-0.3, -0.25) is 37.3 Å². The number of rotatable bonds is 85. The van der Waals surface area contributed by atoms with Gasteiger partial charge in [0.25, 0.3) is 0 Å². The second-order valence-corrected chi connectivity index (χ2v) is 33.1. The molecule has 612 valence electrons. The maximum Gasteiger partial charge on any atom is 0.472 e.